The van der Waals surface area contributed by atoms with Gasteiger partial charge < -0.3 is 15.2 Å². The van der Waals surface area contributed by atoms with Gasteiger partial charge in [0.1, 0.15) is 5.75 Å². The minimum absolute atomic E-state index is 0.118. The number of hydrogen-bond donors (Lipinski definition) is 2. The highest BCUT2D eigenvalue weighted by atomic mass is 79.9. The van der Waals surface area contributed by atoms with Crippen molar-refractivity contribution in [2.75, 3.05) is 11.9 Å². The van der Waals surface area contributed by atoms with Crippen molar-refractivity contribution >= 4 is 27.6 Å². The van der Waals surface area contributed by atoms with E-state index in [0.717, 1.165) is 6.07 Å². The lowest BCUT2D eigenvalue weighted by atomic mass is 9.94. The summed E-state index contributed by atoms with van der Waals surface area (Å²) in [5, 5.41) is 11.8. The van der Waals surface area contributed by atoms with Gasteiger partial charge in [-0.1, -0.05) is 0 Å². The van der Waals surface area contributed by atoms with Gasteiger partial charge in [0.2, 0.25) is 0 Å². The first-order valence-electron chi connectivity index (χ1n) is 5.54. The minimum atomic E-state index is -4.76. The van der Waals surface area contributed by atoms with Crippen molar-refractivity contribution in [2.24, 2.45) is 5.41 Å². The predicted molar refractivity (Wildman–Crippen MR) is 70.7 cm³/mol. The maximum absolute atomic E-state index is 12.1. The van der Waals surface area contributed by atoms with Crippen LogP contribution in [0.5, 0.6) is 5.75 Å². The van der Waals surface area contributed by atoms with Crippen LogP contribution in [0, 0.1) is 5.41 Å². The van der Waals surface area contributed by atoms with Crippen molar-refractivity contribution in [3.8, 4) is 5.75 Å². The van der Waals surface area contributed by atoms with Crippen LogP contribution in [0.3, 0.4) is 0 Å². The van der Waals surface area contributed by atoms with Crippen molar-refractivity contribution in [3.05, 3.63) is 22.7 Å². The molecule has 0 aliphatic heterocycles. The van der Waals surface area contributed by atoms with Gasteiger partial charge >= 0.3 is 12.3 Å². The van der Waals surface area contributed by atoms with Gasteiger partial charge in [-0.25, -0.2) is 0 Å². The molecule has 2 N–H and O–H groups in total. The molecular weight excluding hydrogens is 343 g/mol. The molecule has 1 rings (SSSR count). The Balaban J connectivity index is 2.76. The Bertz CT molecular complexity index is 503. The zero-order valence-electron chi connectivity index (χ0n) is 10.7. The van der Waals surface area contributed by atoms with E-state index >= 15 is 0 Å². The molecule has 0 bridgehead atoms. The van der Waals surface area contributed by atoms with Crippen molar-refractivity contribution in [1.82, 2.24) is 0 Å². The van der Waals surface area contributed by atoms with Gasteiger partial charge in [0.15, 0.2) is 0 Å². The third kappa shape index (κ3) is 4.92. The molecule has 4 nitrogen and oxygen atoms in total. The van der Waals surface area contributed by atoms with E-state index in [1.165, 1.54) is 12.1 Å². The molecule has 1 aromatic rings. The van der Waals surface area contributed by atoms with Gasteiger partial charge in [-0.05, 0) is 48.0 Å². The van der Waals surface area contributed by atoms with Gasteiger partial charge in [-0.15, -0.1) is 13.2 Å². The first-order chi connectivity index (χ1) is 9.01. The molecule has 0 unspecified atom stereocenters. The summed E-state index contributed by atoms with van der Waals surface area (Å²) in [6, 6.07) is 3.91. The summed E-state index contributed by atoms with van der Waals surface area (Å²) in [5.41, 5.74) is -0.506. The SMILES string of the molecule is CC(C)(CNc1ccc(OC(F)(F)F)c(Br)c1)C(=O)O. The van der Waals surface area contributed by atoms with Crippen molar-refractivity contribution in [2.45, 2.75) is 20.2 Å². The third-order valence-electron chi connectivity index (χ3n) is 2.47. The normalized spacial score (nSPS) is 12.1. The Labute approximate surface area is 122 Å². The van der Waals surface area contributed by atoms with E-state index in [1.54, 1.807) is 13.8 Å². The molecule has 0 amide bonds. The maximum Gasteiger partial charge on any atom is 0.573 e. The lowest BCUT2D eigenvalue weighted by Gasteiger charge is -2.20. The second kappa shape index (κ2) is 5.90. The molecular formula is C12H13BrF3NO3. The number of carbonyl (C=O) groups is 1. The number of nitrogens with one attached hydrogen (secondary N) is 1. The molecule has 0 heterocycles. The molecule has 0 aliphatic rings. The molecule has 0 aliphatic carbocycles. The Morgan fingerprint density at radius 1 is 1.40 bits per heavy atom. The predicted octanol–water partition coefficient (Wildman–Crippen LogP) is 3.87. The van der Waals surface area contributed by atoms with Crippen LogP contribution in [-0.2, 0) is 4.79 Å². The fourth-order valence-electron chi connectivity index (χ4n) is 1.22. The van der Waals surface area contributed by atoms with Crippen LogP contribution in [0.2, 0.25) is 0 Å². The Kier molecular flexibility index (Phi) is 4.90. The molecule has 1 aromatic carbocycles. The Hall–Kier alpha value is -1.44. The molecule has 0 radical (unpaired) electrons. The lowest BCUT2D eigenvalue weighted by molar-refractivity contribution is -0.274. The highest BCUT2D eigenvalue weighted by Gasteiger charge is 2.32. The first kappa shape index (κ1) is 16.6. The standard InChI is InChI=1S/C12H13BrF3NO3/c1-11(2,10(18)19)6-17-7-3-4-9(8(13)5-7)20-12(14,15)16/h3-5,17H,6H2,1-2H3,(H,18,19). The second-order valence-electron chi connectivity index (χ2n) is 4.74. The number of carboxylic acids is 1. The number of hydrogen-bond acceptors (Lipinski definition) is 3. The van der Waals surface area contributed by atoms with E-state index in [4.69, 9.17) is 5.11 Å². The van der Waals surface area contributed by atoms with Crippen LogP contribution in [0.4, 0.5) is 18.9 Å². The lowest BCUT2D eigenvalue weighted by Crippen LogP contribution is -2.31. The number of rotatable bonds is 5. The number of ether oxygens (including phenoxy) is 1. The fraction of sp³-hybridized carbons (Fsp3) is 0.417. The molecule has 0 aromatic heterocycles. The van der Waals surface area contributed by atoms with Gasteiger partial charge in [0.05, 0.1) is 9.89 Å². The Morgan fingerprint density at radius 3 is 2.45 bits per heavy atom. The van der Waals surface area contributed by atoms with Crippen LogP contribution in [0.25, 0.3) is 0 Å². The summed E-state index contributed by atoms with van der Waals surface area (Å²) >= 11 is 2.97. The summed E-state index contributed by atoms with van der Waals surface area (Å²) < 4.78 is 40.2. The fourth-order valence-corrected chi connectivity index (χ4v) is 1.68. The van der Waals surface area contributed by atoms with Crippen LogP contribution in [0.15, 0.2) is 22.7 Å². The molecule has 0 atom stereocenters. The summed E-state index contributed by atoms with van der Waals surface area (Å²) in [6.45, 7) is 3.21. The summed E-state index contributed by atoms with van der Waals surface area (Å²) in [7, 11) is 0. The first-order valence-corrected chi connectivity index (χ1v) is 6.33. The molecule has 0 saturated carbocycles. The van der Waals surface area contributed by atoms with E-state index in [1.807, 2.05) is 0 Å². The highest BCUT2D eigenvalue weighted by Crippen LogP contribution is 2.32. The Morgan fingerprint density at radius 2 is 2.00 bits per heavy atom. The van der Waals surface area contributed by atoms with Crippen LogP contribution < -0.4 is 10.1 Å². The van der Waals surface area contributed by atoms with Crippen molar-refractivity contribution in [3.63, 3.8) is 0 Å². The molecule has 0 spiro atoms. The van der Waals surface area contributed by atoms with Gasteiger partial charge in [-0.3, -0.25) is 4.79 Å². The van der Waals surface area contributed by atoms with E-state index in [9.17, 15) is 18.0 Å². The average Bonchev–Trinajstić information content (AvgIpc) is 2.28. The molecule has 112 valence electrons. The summed E-state index contributed by atoms with van der Waals surface area (Å²) in [6.07, 6.45) is -4.76. The zero-order chi connectivity index (χ0) is 15.6. The molecule has 8 heteroatoms. The van der Waals surface area contributed by atoms with E-state index in [0.29, 0.717) is 5.69 Å². The van der Waals surface area contributed by atoms with Crippen molar-refractivity contribution < 1.29 is 27.8 Å². The third-order valence-corrected chi connectivity index (χ3v) is 3.09. The number of benzene rings is 1. The van der Waals surface area contributed by atoms with Gasteiger partial charge in [0.25, 0.3) is 0 Å². The average molecular weight is 356 g/mol. The molecule has 0 fully saturated rings. The van der Waals surface area contributed by atoms with E-state index < -0.39 is 17.7 Å². The summed E-state index contributed by atoms with van der Waals surface area (Å²) in [5.74, 6) is -1.33. The number of halogens is 4. The maximum atomic E-state index is 12.1. The van der Waals surface area contributed by atoms with Gasteiger partial charge in [0, 0.05) is 12.2 Å². The van der Waals surface area contributed by atoms with E-state index in [2.05, 4.69) is 26.0 Å². The topological polar surface area (TPSA) is 58.6 Å². The number of anilines is 1. The minimum Gasteiger partial charge on any atom is -0.481 e. The van der Waals surface area contributed by atoms with E-state index in [-0.39, 0.29) is 16.8 Å². The van der Waals surface area contributed by atoms with Crippen LogP contribution in [0.1, 0.15) is 13.8 Å². The monoisotopic (exact) mass is 355 g/mol. The summed E-state index contributed by atoms with van der Waals surface area (Å²) in [4.78, 5) is 10.9. The molecule has 20 heavy (non-hydrogen) atoms. The van der Waals surface area contributed by atoms with Crippen molar-refractivity contribution in [1.29, 1.82) is 0 Å². The zero-order valence-corrected chi connectivity index (χ0v) is 12.3. The van der Waals surface area contributed by atoms with Crippen LogP contribution in [-0.4, -0.2) is 24.0 Å². The second-order valence-corrected chi connectivity index (χ2v) is 5.59. The highest BCUT2D eigenvalue weighted by molar-refractivity contribution is 9.10. The number of aliphatic carboxylic acids is 1. The quantitative estimate of drug-likeness (QED) is 0.841. The molecule has 0 saturated heterocycles. The van der Waals surface area contributed by atoms with Gasteiger partial charge in [-0.2, -0.15) is 0 Å². The smallest absolute Gasteiger partial charge is 0.481 e. The number of alkyl halides is 3. The largest absolute Gasteiger partial charge is 0.573 e. The number of carboxylic acid groups (broad SMARTS) is 1. The van der Waals surface area contributed by atoms with Crippen LogP contribution >= 0.6 is 15.9 Å².